The Hall–Kier alpha value is -3.25. The number of amides is 1. The summed E-state index contributed by atoms with van der Waals surface area (Å²) in [7, 11) is 0. The third-order valence-electron chi connectivity index (χ3n) is 3.94. The van der Waals surface area contributed by atoms with Gasteiger partial charge in [0.15, 0.2) is 5.69 Å². The van der Waals surface area contributed by atoms with Crippen molar-refractivity contribution in [3.05, 3.63) is 83.6 Å². The van der Waals surface area contributed by atoms with E-state index in [2.05, 4.69) is 15.4 Å². The van der Waals surface area contributed by atoms with Crippen molar-refractivity contribution in [3.8, 4) is 16.3 Å². The fourth-order valence-corrected chi connectivity index (χ4v) is 3.32. The van der Waals surface area contributed by atoms with Gasteiger partial charge < -0.3 is 5.32 Å². The summed E-state index contributed by atoms with van der Waals surface area (Å²) in [6.45, 7) is 1.93. The van der Waals surface area contributed by atoms with E-state index in [-0.39, 0.29) is 5.91 Å². The summed E-state index contributed by atoms with van der Waals surface area (Å²) < 4.78 is 1.76. The van der Waals surface area contributed by atoms with Crippen molar-refractivity contribution in [2.75, 3.05) is 5.32 Å². The lowest BCUT2D eigenvalue weighted by atomic mass is 10.2. The van der Waals surface area contributed by atoms with Crippen molar-refractivity contribution in [3.63, 3.8) is 0 Å². The van der Waals surface area contributed by atoms with Crippen molar-refractivity contribution in [1.29, 1.82) is 0 Å². The monoisotopic (exact) mass is 360 g/mol. The number of rotatable bonds is 4. The number of benzene rings is 2. The van der Waals surface area contributed by atoms with Gasteiger partial charge in [-0.05, 0) is 49.4 Å². The van der Waals surface area contributed by atoms with Gasteiger partial charge >= 0.3 is 0 Å². The third kappa shape index (κ3) is 3.27. The normalized spacial score (nSPS) is 10.7. The molecule has 0 spiro atoms. The van der Waals surface area contributed by atoms with Crippen LogP contribution < -0.4 is 5.32 Å². The zero-order valence-electron chi connectivity index (χ0n) is 14.1. The molecule has 0 fully saturated rings. The number of carbonyl (C=O) groups is 1. The Labute approximate surface area is 155 Å². The molecule has 2 aromatic heterocycles. The third-order valence-corrected chi connectivity index (χ3v) is 4.77. The van der Waals surface area contributed by atoms with Crippen LogP contribution in [0.4, 0.5) is 5.69 Å². The summed E-state index contributed by atoms with van der Waals surface area (Å²) in [5, 5.41) is 10.2. The highest BCUT2D eigenvalue weighted by Crippen LogP contribution is 2.23. The van der Waals surface area contributed by atoms with Crippen molar-refractivity contribution in [1.82, 2.24) is 14.8 Å². The Morgan fingerprint density at radius 2 is 1.85 bits per heavy atom. The summed E-state index contributed by atoms with van der Waals surface area (Å²) in [6.07, 6.45) is 1.78. The predicted molar refractivity (Wildman–Crippen MR) is 104 cm³/mol. The maximum atomic E-state index is 12.5. The smallest absolute Gasteiger partial charge is 0.276 e. The molecule has 1 N–H and O–H groups in total. The molecule has 6 heteroatoms. The SMILES string of the molecule is Cc1cc(C(=O)Nc2ccc(-c3nccs3)cc2)nn1-c1ccccc1. The second-order valence-corrected chi connectivity index (χ2v) is 6.68. The molecule has 0 aliphatic rings. The van der Waals surface area contributed by atoms with Crippen LogP contribution in [-0.2, 0) is 0 Å². The van der Waals surface area contributed by atoms with Crippen LogP contribution in [0.15, 0.2) is 72.2 Å². The van der Waals surface area contributed by atoms with Gasteiger partial charge in [0.25, 0.3) is 5.91 Å². The Kier molecular flexibility index (Phi) is 4.33. The molecule has 4 aromatic rings. The van der Waals surface area contributed by atoms with Gasteiger partial charge in [0, 0.05) is 28.5 Å². The maximum Gasteiger partial charge on any atom is 0.276 e. The summed E-state index contributed by atoms with van der Waals surface area (Å²) in [4.78, 5) is 16.8. The van der Waals surface area contributed by atoms with Gasteiger partial charge in [-0.15, -0.1) is 11.3 Å². The summed E-state index contributed by atoms with van der Waals surface area (Å²) in [5.41, 5.74) is 3.97. The van der Waals surface area contributed by atoms with Crippen molar-refractivity contribution < 1.29 is 4.79 Å². The topological polar surface area (TPSA) is 59.8 Å². The number of hydrogen-bond acceptors (Lipinski definition) is 4. The summed E-state index contributed by atoms with van der Waals surface area (Å²) in [6, 6.07) is 19.2. The van der Waals surface area contributed by atoms with Crippen LogP contribution in [0.5, 0.6) is 0 Å². The van der Waals surface area contributed by atoms with Crippen LogP contribution in [-0.4, -0.2) is 20.7 Å². The highest BCUT2D eigenvalue weighted by Gasteiger charge is 2.13. The van der Waals surface area contributed by atoms with Gasteiger partial charge in [0.1, 0.15) is 5.01 Å². The average molecular weight is 360 g/mol. The van der Waals surface area contributed by atoms with Gasteiger partial charge in [0.05, 0.1) is 5.69 Å². The number of nitrogens with one attached hydrogen (secondary N) is 1. The van der Waals surface area contributed by atoms with Crippen LogP contribution in [0.25, 0.3) is 16.3 Å². The second-order valence-electron chi connectivity index (χ2n) is 5.79. The van der Waals surface area contributed by atoms with Crippen LogP contribution in [0, 0.1) is 6.92 Å². The minimum Gasteiger partial charge on any atom is -0.321 e. The van der Waals surface area contributed by atoms with Crippen LogP contribution in [0.3, 0.4) is 0 Å². The Morgan fingerprint density at radius 3 is 2.54 bits per heavy atom. The molecule has 4 rings (SSSR count). The average Bonchev–Trinajstić information content (AvgIpc) is 3.33. The first-order chi connectivity index (χ1) is 12.7. The molecule has 0 saturated heterocycles. The molecule has 128 valence electrons. The van der Waals surface area contributed by atoms with Crippen molar-refractivity contribution in [2.24, 2.45) is 0 Å². The number of aryl methyl sites for hydroxylation is 1. The molecule has 0 unspecified atom stereocenters. The Balaban J connectivity index is 1.52. The van der Waals surface area contributed by atoms with Crippen molar-refractivity contribution in [2.45, 2.75) is 6.92 Å². The van der Waals surface area contributed by atoms with Gasteiger partial charge in [0.2, 0.25) is 0 Å². The Morgan fingerprint density at radius 1 is 1.08 bits per heavy atom. The van der Waals surface area contributed by atoms with Crippen LogP contribution >= 0.6 is 11.3 Å². The van der Waals surface area contributed by atoms with Crippen LogP contribution in [0.1, 0.15) is 16.2 Å². The zero-order chi connectivity index (χ0) is 17.9. The van der Waals surface area contributed by atoms with Gasteiger partial charge in [-0.2, -0.15) is 5.10 Å². The quantitative estimate of drug-likeness (QED) is 0.580. The van der Waals surface area contributed by atoms with E-state index in [1.54, 1.807) is 28.3 Å². The fraction of sp³-hybridized carbons (Fsp3) is 0.0500. The van der Waals surface area contributed by atoms with E-state index in [1.807, 2.05) is 66.9 Å². The minimum atomic E-state index is -0.232. The van der Waals surface area contributed by atoms with E-state index < -0.39 is 0 Å². The van der Waals surface area contributed by atoms with E-state index in [1.165, 1.54) is 0 Å². The minimum absolute atomic E-state index is 0.232. The molecule has 0 bridgehead atoms. The van der Waals surface area contributed by atoms with Gasteiger partial charge in [-0.3, -0.25) is 4.79 Å². The molecular weight excluding hydrogens is 344 g/mol. The second kappa shape index (κ2) is 6.93. The standard InChI is InChI=1S/C20H16N4OS/c1-14-13-18(23-24(14)17-5-3-2-4-6-17)19(25)22-16-9-7-15(8-10-16)20-21-11-12-26-20/h2-13H,1H3,(H,22,25). The Bertz CT molecular complexity index is 1020. The molecule has 0 aliphatic carbocycles. The number of aromatic nitrogens is 3. The first kappa shape index (κ1) is 16.2. The van der Waals surface area contributed by atoms with E-state index >= 15 is 0 Å². The van der Waals surface area contributed by atoms with E-state index in [4.69, 9.17) is 0 Å². The molecule has 26 heavy (non-hydrogen) atoms. The molecule has 0 saturated carbocycles. The molecule has 0 aliphatic heterocycles. The molecule has 5 nitrogen and oxygen atoms in total. The summed E-state index contributed by atoms with van der Waals surface area (Å²) in [5.74, 6) is -0.232. The highest BCUT2D eigenvalue weighted by atomic mass is 32.1. The maximum absolute atomic E-state index is 12.5. The predicted octanol–water partition coefficient (Wildman–Crippen LogP) is 4.56. The van der Waals surface area contributed by atoms with E-state index in [0.717, 1.165) is 27.6 Å². The first-order valence-corrected chi connectivity index (χ1v) is 9.02. The number of thiazole rings is 1. The van der Waals surface area contributed by atoms with E-state index in [0.29, 0.717) is 5.69 Å². The first-order valence-electron chi connectivity index (χ1n) is 8.14. The van der Waals surface area contributed by atoms with Gasteiger partial charge in [-0.25, -0.2) is 9.67 Å². The molecule has 0 radical (unpaired) electrons. The van der Waals surface area contributed by atoms with Crippen molar-refractivity contribution >= 4 is 22.9 Å². The van der Waals surface area contributed by atoms with Crippen LogP contribution in [0.2, 0.25) is 0 Å². The highest BCUT2D eigenvalue weighted by molar-refractivity contribution is 7.13. The number of nitrogens with zero attached hydrogens (tertiary/aromatic N) is 3. The van der Waals surface area contributed by atoms with E-state index in [9.17, 15) is 4.79 Å². The number of hydrogen-bond donors (Lipinski definition) is 1. The number of para-hydroxylation sites is 1. The molecule has 2 heterocycles. The molecule has 1 amide bonds. The van der Waals surface area contributed by atoms with Gasteiger partial charge in [-0.1, -0.05) is 18.2 Å². The molecule has 0 atom stereocenters. The molecule has 2 aromatic carbocycles. The lowest BCUT2D eigenvalue weighted by molar-refractivity contribution is 0.102. The number of carbonyl (C=O) groups excluding carboxylic acids is 1. The lowest BCUT2D eigenvalue weighted by Crippen LogP contribution is -2.13. The molecular formula is C20H16N4OS. The summed E-state index contributed by atoms with van der Waals surface area (Å²) >= 11 is 1.58. The number of anilines is 1. The zero-order valence-corrected chi connectivity index (χ0v) is 14.9. The largest absolute Gasteiger partial charge is 0.321 e. The fourth-order valence-electron chi connectivity index (χ4n) is 2.67. The lowest BCUT2D eigenvalue weighted by Gasteiger charge is -2.05.